The van der Waals surface area contributed by atoms with Crippen LogP contribution in [0.25, 0.3) is 0 Å². The third-order valence-electron chi connectivity index (χ3n) is 4.22. The van der Waals surface area contributed by atoms with E-state index in [1.165, 1.54) is 18.2 Å². The molecule has 2 N–H and O–H groups in total. The first kappa shape index (κ1) is 18.0. The summed E-state index contributed by atoms with van der Waals surface area (Å²) in [5.74, 6) is -0.344. The number of rotatable bonds is 6. The molecule has 0 radical (unpaired) electrons. The van der Waals surface area contributed by atoms with Gasteiger partial charge in [-0.25, -0.2) is 8.42 Å². The Labute approximate surface area is 146 Å². The number of nitrogens with one attached hydrogen (secondary N) is 1. The van der Waals surface area contributed by atoms with Gasteiger partial charge in [0.05, 0.1) is 18.1 Å². The topological polar surface area (TPSA) is 111 Å². The highest BCUT2D eigenvalue weighted by Crippen LogP contribution is 2.32. The van der Waals surface area contributed by atoms with Crippen LogP contribution in [0, 0.1) is 5.92 Å². The quantitative estimate of drug-likeness (QED) is 0.767. The van der Waals surface area contributed by atoms with Crippen molar-refractivity contribution in [2.45, 2.75) is 30.2 Å². The molecule has 2 aliphatic heterocycles. The molecule has 0 amide bonds. The van der Waals surface area contributed by atoms with Gasteiger partial charge in [-0.05, 0) is 30.9 Å². The summed E-state index contributed by atoms with van der Waals surface area (Å²) in [7, 11) is -4.00. The van der Waals surface area contributed by atoms with Gasteiger partial charge in [0, 0.05) is 25.7 Å². The Hall–Kier alpha value is -1.84. The second kappa shape index (κ2) is 7.59. The van der Waals surface area contributed by atoms with Crippen molar-refractivity contribution in [3.05, 3.63) is 18.2 Å². The van der Waals surface area contributed by atoms with E-state index >= 15 is 0 Å². The lowest BCUT2D eigenvalue weighted by Crippen LogP contribution is -2.42. The third kappa shape index (κ3) is 4.42. The highest BCUT2D eigenvalue weighted by atomic mass is 32.2. The van der Waals surface area contributed by atoms with Crippen LogP contribution in [0.1, 0.15) is 19.3 Å². The van der Waals surface area contributed by atoms with E-state index in [1.54, 1.807) is 0 Å². The van der Waals surface area contributed by atoms with Crippen molar-refractivity contribution >= 4 is 16.0 Å². The molecule has 25 heavy (non-hydrogen) atoms. The van der Waals surface area contributed by atoms with Gasteiger partial charge in [-0.3, -0.25) is 4.79 Å². The van der Waals surface area contributed by atoms with Gasteiger partial charge in [0.2, 0.25) is 10.0 Å². The molecule has 3 rings (SSSR count). The van der Waals surface area contributed by atoms with E-state index in [1.807, 2.05) is 0 Å². The standard InChI is InChI=1S/C16H21NO7S/c18-16(19)13(8-11-4-7-22-10-11)17-25(20,21)12-2-3-14-15(9-12)24-6-1-5-23-14/h2-3,9,11,13,17H,1,4-8,10H2,(H,18,19). The van der Waals surface area contributed by atoms with Gasteiger partial charge in [-0.15, -0.1) is 0 Å². The van der Waals surface area contributed by atoms with Crippen molar-refractivity contribution in [2.75, 3.05) is 26.4 Å². The normalized spacial score (nSPS) is 21.5. The van der Waals surface area contributed by atoms with Crippen molar-refractivity contribution in [1.29, 1.82) is 0 Å². The van der Waals surface area contributed by atoms with Crippen LogP contribution in [0.2, 0.25) is 0 Å². The molecule has 2 atom stereocenters. The summed E-state index contributed by atoms with van der Waals surface area (Å²) in [4.78, 5) is 11.4. The SMILES string of the molecule is O=C(O)C(CC1CCOC1)NS(=O)(=O)c1ccc2c(c1)OCCCO2. The van der Waals surface area contributed by atoms with Crippen LogP contribution in [0.4, 0.5) is 0 Å². The number of ether oxygens (including phenoxy) is 3. The average Bonchev–Trinajstić information content (AvgIpc) is 2.96. The van der Waals surface area contributed by atoms with Gasteiger partial charge in [0.15, 0.2) is 11.5 Å². The summed E-state index contributed by atoms with van der Waals surface area (Å²) >= 11 is 0. The number of hydrogen-bond donors (Lipinski definition) is 2. The third-order valence-corrected chi connectivity index (χ3v) is 5.69. The van der Waals surface area contributed by atoms with E-state index in [2.05, 4.69) is 4.72 Å². The smallest absolute Gasteiger partial charge is 0.321 e. The summed E-state index contributed by atoms with van der Waals surface area (Å²) in [6.07, 6.45) is 1.63. The molecule has 0 aromatic heterocycles. The first-order valence-corrected chi connectivity index (χ1v) is 9.66. The van der Waals surface area contributed by atoms with Crippen molar-refractivity contribution in [1.82, 2.24) is 4.72 Å². The zero-order valence-electron chi connectivity index (χ0n) is 13.6. The fourth-order valence-electron chi connectivity index (χ4n) is 2.87. The number of hydrogen-bond acceptors (Lipinski definition) is 6. The van der Waals surface area contributed by atoms with Crippen LogP contribution in [0.15, 0.2) is 23.1 Å². The zero-order chi connectivity index (χ0) is 17.9. The first-order chi connectivity index (χ1) is 12.0. The molecule has 1 aromatic rings. The summed E-state index contributed by atoms with van der Waals surface area (Å²) < 4.78 is 43.7. The van der Waals surface area contributed by atoms with Gasteiger partial charge in [-0.1, -0.05) is 0 Å². The highest BCUT2D eigenvalue weighted by molar-refractivity contribution is 7.89. The van der Waals surface area contributed by atoms with E-state index in [4.69, 9.17) is 14.2 Å². The fourth-order valence-corrected chi connectivity index (χ4v) is 4.09. The molecule has 138 valence electrons. The molecule has 1 saturated heterocycles. The molecule has 0 aliphatic carbocycles. The molecule has 2 heterocycles. The molecule has 2 aliphatic rings. The van der Waals surface area contributed by atoms with Crippen molar-refractivity contribution in [3.8, 4) is 11.5 Å². The van der Waals surface area contributed by atoms with Crippen LogP contribution in [-0.4, -0.2) is 52.0 Å². The minimum absolute atomic E-state index is 0.0348. The van der Waals surface area contributed by atoms with E-state index in [0.29, 0.717) is 44.3 Å². The van der Waals surface area contributed by atoms with Gasteiger partial charge in [0.25, 0.3) is 0 Å². The molecular weight excluding hydrogens is 350 g/mol. The number of carboxylic acids is 1. The van der Waals surface area contributed by atoms with Gasteiger partial charge in [-0.2, -0.15) is 4.72 Å². The number of fused-ring (bicyclic) bond motifs is 1. The minimum atomic E-state index is -4.00. The van der Waals surface area contributed by atoms with Crippen LogP contribution >= 0.6 is 0 Å². The number of sulfonamides is 1. The lowest BCUT2D eigenvalue weighted by Gasteiger charge is -2.18. The molecule has 0 saturated carbocycles. The maximum Gasteiger partial charge on any atom is 0.321 e. The summed E-state index contributed by atoms with van der Waals surface area (Å²) in [6, 6.07) is 3.07. The Morgan fingerprint density at radius 2 is 2.00 bits per heavy atom. The maximum atomic E-state index is 12.6. The van der Waals surface area contributed by atoms with Crippen molar-refractivity contribution in [3.63, 3.8) is 0 Å². The molecule has 0 bridgehead atoms. The Bertz CT molecular complexity index is 728. The molecule has 1 fully saturated rings. The molecule has 9 heteroatoms. The summed E-state index contributed by atoms with van der Waals surface area (Å²) in [6.45, 7) is 1.96. The van der Waals surface area contributed by atoms with Gasteiger partial charge in [0.1, 0.15) is 6.04 Å². The van der Waals surface area contributed by atoms with E-state index < -0.39 is 22.0 Å². The number of aliphatic carboxylic acids is 1. The van der Waals surface area contributed by atoms with Crippen molar-refractivity contribution < 1.29 is 32.5 Å². The highest BCUT2D eigenvalue weighted by Gasteiger charge is 2.30. The lowest BCUT2D eigenvalue weighted by atomic mass is 10.00. The Morgan fingerprint density at radius 3 is 2.68 bits per heavy atom. The van der Waals surface area contributed by atoms with Crippen LogP contribution in [0.3, 0.4) is 0 Å². The predicted molar refractivity (Wildman–Crippen MR) is 87.3 cm³/mol. The lowest BCUT2D eigenvalue weighted by molar-refractivity contribution is -0.139. The zero-order valence-corrected chi connectivity index (χ0v) is 14.5. The first-order valence-electron chi connectivity index (χ1n) is 8.18. The summed E-state index contributed by atoms with van der Waals surface area (Å²) in [5.41, 5.74) is 0. The van der Waals surface area contributed by atoms with E-state index in [9.17, 15) is 18.3 Å². The van der Waals surface area contributed by atoms with Crippen molar-refractivity contribution in [2.24, 2.45) is 5.92 Å². The Balaban J connectivity index is 1.77. The molecule has 2 unspecified atom stereocenters. The van der Waals surface area contributed by atoms with E-state index in [0.717, 1.165) is 6.42 Å². The number of carboxylic acid groups (broad SMARTS) is 1. The Morgan fingerprint density at radius 1 is 1.24 bits per heavy atom. The largest absolute Gasteiger partial charge is 0.490 e. The predicted octanol–water partition coefficient (Wildman–Crippen LogP) is 1.01. The monoisotopic (exact) mass is 371 g/mol. The number of carbonyl (C=O) groups is 1. The van der Waals surface area contributed by atoms with Gasteiger partial charge < -0.3 is 19.3 Å². The minimum Gasteiger partial charge on any atom is -0.490 e. The van der Waals surface area contributed by atoms with Crippen LogP contribution < -0.4 is 14.2 Å². The fraction of sp³-hybridized carbons (Fsp3) is 0.562. The Kier molecular flexibility index (Phi) is 5.45. The van der Waals surface area contributed by atoms with E-state index in [-0.39, 0.29) is 17.2 Å². The molecule has 8 nitrogen and oxygen atoms in total. The summed E-state index contributed by atoms with van der Waals surface area (Å²) in [5, 5.41) is 9.36. The second-order valence-corrected chi connectivity index (χ2v) is 7.85. The van der Waals surface area contributed by atoms with Crippen LogP contribution in [0.5, 0.6) is 11.5 Å². The second-order valence-electron chi connectivity index (χ2n) is 6.14. The molecule has 1 aromatic carbocycles. The average molecular weight is 371 g/mol. The molecular formula is C16H21NO7S. The maximum absolute atomic E-state index is 12.6. The van der Waals surface area contributed by atoms with Gasteiger partial charge >= 0.3 is 5.97 Å². The van der Waals surface area contributed by atoms with Crippen LogP contribution in [-0.2, 0) is 19.6 Å². The molecule has 0 spiro atoms. The number of benzene rings is 1.